The van der Waals surface area contributed by atoms with E-state index in [-0.39, 0.29) is 12.5 Å². The second kappa shape index (κ2) is 10.3. The van der Waals surface area contributed by atoms with Crippen LogP contribution < -0.4 is 10.1 Å². The number of hydrogen-bond donors (Lipinski definition) is 2. The first-order valence-corrected chi connectivity index (χ1v) is 10.5. The molecule has 1 fully saturated rings. The molecule has 156 valence electrons. The lowest BCUT2D eigenvalue weighted by Crippen LogP contribution is -2.34. The number of benzene rings is 2. The Morgan fingerprint density at radius 2 is 1.97 bits per heavy atom. The number of aliphatic hydroxyl groups excluding tert-OH is 1. The summed E-state index contributed by atoms with van der Waals surface area (Å²) in [5.41, 5.74) is 1.79. The Morgan fingerprint density at radius 3 is 2.69 bits per heavy atom. The van der Waals surface area contributed by atoms with E-state index in [0.717, 1.165) is 31.0 Å². The summed E-state index contributed by atoms with van der Waals surface area (Å²) in [7, 11) is 0. The zero-order valence-electron chi connectivity index (χ0n) is 16.4. The second-order valence-electron chi connectivity index (χ2n) is 7.53. The molecule has 0 spiro atoms. The summed E-state index contributed by atoms with van der Waals surface area (Å²) < 4.78 is 5.74. The lowest BCUT2D eigenvalue weighted by Gasteiger charge is -2.21. The molecule has 2 atom stereocenters. The molecule has 2 aromatic rings. The zero-order chi connectivity index (χ0) is 20.8. The number of ether oxygens (including phenoxy) is 1. The monoisotopic (exact) mass is 436 g/mol. The van der Waals surface area contributed by atoms with Gasteiger partial charge in [-0.05, 0) is 61.2 Å². The fraction of sp³-hybridized carbons (Fsp3) is 0.409. The number of β-amino-alcohol motifs (C(OH)–C–C–N with tert-alkyl or cyclic N) is 1. The molecule has 0 radical (unpaired) electrons. The van der Waals surface area contributed by atoms with Crippen molar-refractivity contribution in [1.29, 1.82) is 0 Å². The SMILES string of the molecule is CC(=O)Nc1cc(Cl)ccc1OCC(O)CN1CCC(Cc2ccc(Cl)cc2)C1. The van der Waals surface area contributed by atoms with Gasteiger partial charge < -0.3 is 20.1 Å². The van der Waals surface area contributed by atoms with Crippen LogP contribution in [0.5, 0.6) is 5.75 Å². The van der Waals surface area contributed by atoms with Crippen molar-refractivity contribution in [3.05, 3.63) is 58.1 Å². The maximum Gasteiger partial charge on any atom is 0.221 e. The van der Waals surface area contributed by atoms with Gasteiger partial charge in [-0.2, -0.15) is 0 Å². The van der Waals surface area contributed by atoms with E-state index in [0.29, 0.717) is 28.9 Å². The summed E-state index contributed by atoms with van der Waals surface area (Å²) in [6.45, 7) is 4.05. The Bertz CT molecular complexity index is 829. The van der Waals surface area contributed by atoms with Crippen molar-refractivity contribution >= 4 is 34.8 Å². The maximum atomic E-state index is 11.4. The molecule has 0 aromatic heterocycles. The van der Waals surface area contributed by atoms with Gasteiger partial charge in [0.1, 0.15) is 18.5 Å². The summed E-state index contributed by atoms with van der Waals surface area (Å²) in [6.07, 6.45) is 1.51. The van der Waals surface area contributed by atoms with Crippen molar-refractivity contribution in [1.82, 2.24) is 4.90 Å². The molecule has 1 amide bonds. The highest BCUT2D eigenvalue weighted by molar-refractivity contribution is 6.31. The molecule has 0 aliphatic carbocycles. The highest BCUT2D eigenvalue weighted by atomic mass is 35.5. The molecule has 1 aliphatic heterocycles. The molecule has 3 rings (SSSR count). The van der Waals surface area contributed by atoms with Gasteiger partial charge in [0.2, 0.25) is 5.91 Å². The average Bonchev–Trinajstić information content (AvgIpc) is 3.09. The molecular formula is C22H26Cl2N2O3. The van der Waals surface area contributed by atoms with Crippen LogP contribution in [0.2, 0.25) is 10.0 Å². The highest BCUT2D eigenvalue weighted by Crippen LogP contribution is 2.28. The molecule has 2 unspecified atom stereocenters. The standard InChI is InChI=1S/C22H26Cl2N2O3/c1-15(27)25-21-11-19(24)6-7-22(21)29-14-20(28)13-26-9-8-17(12-26)10-16-2-4-18(23)5-3-16/h2-7,11,17,20,28H,8-10,12-14H2,1H3,(H,25,27). The highest BCUT2D eigenvalue weighted by Gasteiger charge is 2.24. The molecule has 0 saturated carbocycles. The van der Waals surface area contributed by atoms with Crippen LogP contribution in [-0.4, -0.2) is 48.3 Å². The average molecular weight is 437 g/mol. The van der Waals surface area contributed by atoms with E-state index in [9.17, 15) is 9.90 Å². The number of carbonyl (C=O) groups is 1. The van der Waals surface area contributed by atoms with Crippen LogP contribution in [0, 0.1) is 5.92 Å². The van der Waals surface area contributed by atoms with Crippen molar-refractivity contribution in [3.8, 4) is 5.75 Å². The first-order chi connectivity index (χ1) is 13.9. The van der Waals surface area contributed by atoms with E-state index in [1.165, 1.54) is 12.5 Å². The van der Waals surface area contributed by atoms with Crippen molar-refractivity contribution in [3.63, 3.8) is 0 Å². The van der Waals surface area contributed by atoms with Crippen LogP contribution in [-0.2, 0) is 11.2 Å². The van der Waals surface area contributed by atoms with Crippen LogP contribution in [0.1, 0.15) is 18.9 Å². The number of halogens is 2. The number of carbonyl (C=O) groups excluding carboxylic acids is 1. The number of amides is 1. The van der Waals surface area contributed by atoms with E-state index in [1.807, 2.05) is 12.1 Å². The normalized spacial score (nSPS) is 17.9. The number of nitrogens with zero attached hydrogens (tertiary/aromatic N) is 1. The molecule has 5 nitrogen and oxygen atoms in total. The fourth-order valence-corrected chi connectivity index (χ4v) is 3.95. The Balaban J connectivity index is 1.46. The van der Waals surface area contributed by atoms with E-state index >= 15 is 0 Å². The third kappa shape index (κ3) is 6.89. The maximum absolute atomic E-state index is 11.4. The third-order valence-electron chi connectivity index (χ3n) is 4.96. The predicted octanol–water partition coefficient (Wildman–Crippen LogP) is 4.26. The molecule has 7 heteroatoms. The number of hydrogen-bond acceptors (Lipinski definition) is 4. The van der Waals surface area contributed by atoms with Crippen molar-refractivity contribution < 1.29 is 14.6 Å². The van der Waals surface area contributed by atoms with Crippen LogP contribution in [0.3, 0.4) is 0 Å². The Labute approximate surface area is 181 Å². The van der Waals surface area contributed by atoms with Crippen LogP contribution in [0.4, 0.5) is 5.69 Å². The summed E-state index contributed by atoms with van der Waals surface area (Å²) in [6, 6.07) is 13.0. The number of rotatable bonds is 8. The van der Waals surface area contributed by atoms with Crippen molar-refractivity contribution in [2.45, 2.75) is 25.9 Å². The van der Waals surface area contributed by atoms with Gasteiger partial charge in [0, 0.05) is 30.1 Å². The molecule has 0 bridgehead atoms. The van der Waals surface area contributed by atoms with Gasteiger partial charge in [-0.1, -0.05) is 35.3 Å². The lowest BCUT2D eigenvalue weighted by atomic mass is 9.99. The van der Waals surface area contributed by atoms with Crippen LogP contribution >= 0.6 is 23.2 Å². The summed E-state index contributed by atoms with van der Waals surface area (Å²) in [4.78, 5) is 13.6. The van der Waals surface area contributed by atoms with E-state index in [2.05, 4.69) is 22.3 Å². The quantitative estimate of drug-likeness (QED) is 0.648. The van der Waals surface area contributed by atoms with E-state index in [4.69, 9.17) is 27.9 Å². The fourth-order valence-electron chi connectivity index (χ4n) is 3.65. The van der Waals surface area contributed by atoms with Gasteiger partial charge in [0.15, 0.2) is 0 Å². The molecular weight excluding hydrogens is 411 g/mol. The minimum absolute atomic E-state index is 0.145. The summed E-state index contributed by atoms with van der Waals surface area (Å²) in [5.74, 6) is 0.860. The van der Waals surface area contributed by atoms with Crippen molar-refractivity contribution in [2.75, 3.05) is 31.6 Å². The molecule has 29 heavy (non-hydrogen) atoms. The topological polar surface area (TPSA) is 61.8 Å². The minimum Gasteiger partial charge on any atom is -0.489 e. The van der Waals surface area contributed by atoms with E-state index in [1.54, 1.807) is 18.2 Å². The van der Waals surface area contributed by atoms with Crippen LogP contribution in [0.25, 0.3) is 0 Å². The Morgan fingerprint density at radius 1 is 1.24 bits per heavy atom. The smallest absolute Gasteiger partial charge is 0.221 e. The Kier molecular flexibility index (Phi) is 7.78. The first-order valence-electron chi connectivity index (χ1n) is 9.74. The largest absolute Gasteiger partial charge is 0.489 e. The second-order valence-corrected chi connectivity index (χ2v) is 8.40. The number of aliphatic hydroxyl groups is 1. The van der Waals surface area contributed by atoms with Gasteiger partial charge in [0.05, 0.1) is 5.69 Å². The molecule has 1 heterocycles. The van der Waals surface area contributed by atoms with Crippen molar-refractivity contribution in [2.24, 2.45) is 5.92 Å². The van der Waals surface area contributed by atoms with Gasteiger partial charge in [-0.25, -0.2) is 0 Å². The predicted molar refractivity (Wildman–Crippen MR) is 117 cm³/mol. The number of likely N-dealkylation sites (tertiary alicyclic amines) is 1. The van der Waals surface area contributed by atoms with E-state index < -0.39 is 6.10 Å². The molecule has 1 aliphatic rings. The molecule has 2 N–H and O–H groups in total. The number of nitrogens with one attached hydrogen (secondary N) is 1. The Hall–Kier alpha value is -1.79. The minimum atomic E-state index is -0.620. The lowest BCUT2D eigenvalue weighted by molar-refractivity contribution is -0.114. The van der Waals surface area contributed by atoms with Gasteiger partial charge in [-0.15, -0.1) is 0 Å². The van der Waals surface area contributed by atoms with Gasteiger partial charge in [0.25, 0.3) is 0 Å². The number of anilines is 1. The summed E-state index contributed by atoms with van der Waals surface area (Å²) >= 11 is 11.9. The first kappa shape index (κ1) is 21.9. The van der Waals surface area contributed by atoms with Gasteiger partial charge >= 0.3 is 0 Å². The molecule has 1 saturated heterocycles. The zero-order valence-corrected chi connectivity index (χ0v) is 17.9. The molecule has 2 aromatic carbocycles. The van der Waals surface area contributed by atoms with Crippen LogP contribution in [0.15, 0.2) is 42.5 Å². The van der Waals surface area contributed by atoms with Gasteiger partial charge in [-0.3, -0.25) is 4.79 Å². The summed E-state index contributed by atoms with van der Waals surface area (Å²) in [5, 5.41) is 14.4. The third-order valence-corrected chi connectivity index (χ3v) is 5.45.